The van der Waals surface area contributed by atoms with Gasteiger partial charge in [0.15, 0.2) is 0 Å². The third-order valence-corrected chi connectivity index (χ3v) is 10.8. The molecule has 51 heavy (non-hydrogen) atoms. The lowest BCUT2D eigenvalue weighted by atomic mass is 9.83. The van der Waals surface area contributed by atoms with Crippen LogP contribution in [-0.4, -0.2) is 0 Å². The number of fused-ring (bicyclic) bond motifs is 9. The highest BCUT2D eigenvalue weighted by molar-refractivity contribution is 6.25. The maximum atomic E-state index is 6.56. The van der Waals surface area contributed by atoms with Crippen molar-refractivity contribution in [3.05, 3.63) is 182 Å². The number of benzene rings is 10. The van der Waals surface area contributed by atoms with Gasteiger partial charge in [-0.05, 0) is 112 Å². The average molecular weight is 647 g/mol. The van der Waals surface area contributed by atoms with Gasteiger partial charge in [-0.3, -0.25) is 0 Å². The fourth-order valence-electron chi connectivity index (χ4n) is 8.56. The van der Waals surface area contributed by atoms with E-state index in [1.165, 1.54) is 87.1 Å². The second kappa shape index (κ2) is 10.9. The van der Waals surface area contributed by atoms with Crippen LogP contribution in [0.1, 0.15) is 0 Å². The third-order valence-electron chi connectivity index (χ3n) is 10.8. The van der Waals surface area contributed by atoms with Gasteiger partial charge in [0.2, 0.25) is 0 Å². The Morgan fingerprint density at radius 1 is 0.275 bits per heavy atom. The molecule has 11 aromatic rings. The zero-order valence-corrected chi connectivity index (χ0v) is 27.7. The van der Waals surface area contributed by atoms with E-state index < -0.39 is 0 Å². The molecule has 0 spiro atoms. The molecule has 1 heteroatoms. The van der Waals surface area contributed by atoms with E-state index in [-0.39, 0.29) is 0 Å². The summed E-state index contributed by atoms with van der Waals surface area (Å²) < 4.78 is 6.56. The normalized spacial score (nSPS) is 11.9. The second-order valence-corrected chi connectivity index (χ2v) is 13.6. The van der Waals surface area contributed by atoms with E-state index in [1.54, 1.807) is 0 Å². The highest BCUT2D eigenvalue weighted by Crippen LogP contribution is 2.47. The summed E-state index contributed by atoms with van der Waals surface area (Å²) in [7, 11) is 0. The van der Waals surface area contributed by atoms with E-state index in [1.807, 2.05) is 0 Å². The molecule has 0 saturated carbocycles. The summed E-state index contributed by atoms with van der Waals surface area (Å²) in [6.07, 6.45) is 0. The molecule has 236 valence electrons. The number of hydrogen-bond donors (Lipinski definition) is 0. The molecule has 0 aliphatic rings. The van der Waals surface area contributed by atoms with E-state index >= 15 is 0 Å². The number of hydrogen-bond acceptors (Lipinski definition) is 1. The highest BCUT2D eigenvalue weighted by Gasteiger charge is 2.20. The highest BCUT2D eigenvalue weighted by atomic mass is 16.3. The van der Waals surface area contributed by atoms with Crippen molar-refractivity contribution in [2.75, 3.05) is 0 Å². The third kappa shape index (κ3) is 4.22. The molecular weight excluding hydrogens is 617 g/mol. The molecule has 1 nitrogen and oxygen atoms in total. The first-order valence-electron chi connectivity index (χ1n) is 17.6. The van der Waals surface area contributed by atoms with E-state index in [0.717, 1.165) is 22.1 Å². The van der Waals surface area contributed by atoms with Gasteiger partial charge >= 0.3 is 0 Å². The monoisotopic (exact) mass is 646 g/mol. The van der Waals surface area contributed by atoms with Crippen LogP contribution >= 0.6 is 0 Å². The van der Waals surface area contributed by atoms with E-state index in [0.29, 0.717) is 0 Å². The van der Waals surface area contributed by atoms with Crippen LogP contribution in [0.4, 0.5) is 0 Å². The fourth-order valence-corrected chi connectivity index (χ4v) is 8.56. The van der Waals surface area contributed by atoms with Crippen molar-refractivity contribution < 1.29 is 4.42 Å². The molecule has 11 rings (SSSR count). The second-order valence-electron chi connectivity index (χ2n) is 13.6. The van der Waals surface area contributed by atoms with Crippen molar-refractivity contribution in [3.63, 3.8) is 0 Å². The molecule has 0 bridgehead atoms. The molecule has 0 N–H and O–H groups in total. The quantitative estimate of drug-likeness (QED) is 0.174. The maximum absolute atomic E-state index is 6.56. The van der Waals surface area contributed by atoms with Crippen molar-refractivity contribution in [1.82, 2.24) is 0 Å². The molecule has 0 amide bonds. The molecule has 0 atom stereocenters. The van der Waals surface area contributed by atoms with Crippen molar-refractivity contribution >= 4 is 75.8 Å². The summed E-state index contributed by atoms with van der Waals surface area (Å²) in [6, 6.07) is 66.3. The molecule has 1 heterocycles. The molecule has 0 fully saturated rings. The van der Waals surface area contributed by atoms with Crippen LogP contribution in [0.3, 0.4) is 0 Å². The van der Waals surface area contributed by atoms with Gasteiger partial charge in [0, 0.05) is 10.8 Å². The zero-order valence-electron chi connectivity index (χ0n) is 27.7. The van der Waals surface area contributed by atoms with Crippen LogP contribution in [0.5, 0.6) is 0 Å². The number of rotatable bonds is 3. The van der Waals surface area contributed by atoms with Gasteiger partial charge in [-0.15, -0.1) is 0 Å². The van der Waals surface area contributed by atoms with Crippen molar-refractivity contribution in [2.45, 2.75) is 0 Å². The van der Waals surface area contributed by atoms with Crippen molar-refractivity contribution in [3.8, 4) is 33.4 Å². The lowest BCUT2D eigenvalue weighted by molar-refractivity contribution is 0.669. The van der Waals surface area contributed by atoms with E-state index in [2.05, 4.69) is 182 Å². The summed E-state index contributed by atoms with van der Waals surface area (Å²) in [5.41, 5.74) is 9.20. The first kappa shape index (κ1) is 28.2. The Kier molecular flexibility index (Phi) is 6.02. The number of furan rings is 1. The Bertz CT molecular complexity index is 3140. The molecule has 0 aliphatic carbocycles. The van der Waals surface area contributed by atoms with Crippen LogP contribution in [-0.2, 0) is 0 Å². The lowest BCUT2D eigenvalue weighted by Crippen LogP contribution is -1.92. The molecule has 0 aliphatic heterocycles. The molecule has 1 aromatic heterocycles. The zero-order chi connectivity index (χ0) is 33.5. The Morgan fingerprint density at radius 2 is 0.804 bits per heavy atom. The average Bonchev–Trinajstić information content (AvgIpc) is 3.58. The Labute approximate surface area is 294 Å². The first-order chi connectivity index (χ1) is 25.3. The smallest absolute Gasteiger partial charge is 0.136 e. The Morgan fingerprint density at radius 3 is 1.53 bits per heavy atom. The molecule has 0 unspecified atom stereocenters. The lowest BCUT2D eigenvalue weighted by Gasteiger charge is -2.19. The Hall–Kier alpha value is -6.70. The molecular formula is C50H30O. The Balaban J connectivity index is 1.16. The van der Waals surface area contributed by atoms with Gasteiger partial charge in [-0.25, -0.2) is 0 Å². The van der Waals surface area contributed by atoms with Gasteiger partial charge < -0.3 is 4.42 Å². The summed E-state index contributed by atoms with van der Waals surface area (Å²) in [4.78, 5) is 0. The van der Waals surface area contributed by atoms with Crippen molar-refractivity contribution in [1.29, 1.82) is 0 Å². The van der Waals surface area contributed by atoms with E-state index in [9.17, 15) is 0 Å². The predicted molar refractivity (Wildman–Crippen MR) is 218 cm³/mol. The summed E-state index contributed by atoms with van der Waals surface area (Å²) >= 11 is 0. The molecule has 0 radical (unpaired) electrons. The van der Waals surface area contributed by atoms with Crippen LogP contribution in [0.2, 0.25) is 0 Å². The van der Waals surface area contributed by atoms with E-state index in [4.69, 9.17) is 4.42 Å². The van der Waals surface area contributed by atoms with Crippen LogP contribution < -0.4 is 0 Å². The predicted octanol–water partition coefficient (Wildman–Crippen LogP) is 14.4. The SMILES string of the molecule is c1ccc2cc(-c3ccc(-c4c5ccccc5c(-c5ccc6c(c5)oc5ccc7ccccc7c56)c5ccccc45)c4ccccc34)ccc2c1. The van der Waals surface area contributed by atoms with Crippen LogP contribution in [0.25, 0.3) is 109 Å². The minimum Gasteiger partial charge on any atom is -0.456 e. The van der Waals surface area contributed by atoms with Gasteiger partial charge in [-0.1, -0.05) is 158 Å². The van der Waals surface area contributed by atoms with Gasteiger partial charge in [0.25, 0.3) is 0 Å². The standard InChI is InChI=1S/C50H30O/c1-2-13-33-29-34(22-21-31(33)11-1)36-26-27-44(39-16-6-5-15-38(36)39)49-42-19-9-7-17-40(42)48(41-18-8-10-20-43(41)49)35-23-25-45-47(30-35)51-46-28-24-32-12-3-4-14-37(32)50(45)46/h1-30H. The minimum atomic E-state index is 0.909. The van der Waals surface area contributed by atoms with Gasteiger partial charge in [0.05, 0.1) is 0 Å². The van der Waals surface area contributed by atoms with Crippen LogP contribution in [0, 0.1) is 0 Å². The maximum Gasteiger partial charge on any atom is 0.136 e. The summed E-state index contributed by atoms with van der Waals surface area (Å²) in [5.74, 6) is 0. The van der Waals surface area contributed by atoms with Crippen molar-refractivity contribution in [2.24, 2.45) is 0 Å². The molecule has 0 saturated heterocycles. The summed E-state index contributed by atoms with van der Waals surface area (Å²) in [5, 5.41) is 14.7. The summed E-state index contributed by atoms with van der Waals surface area (Å²) in [6.45, 7) is 0. The largest absolute Gasteiger partial charge is 0.456 e. The van der Waals surface area contributed by atoms with Gasteiger partial charge in [0.1, 0.15) is 11.2 Å². The topological polar surface area (TPSA) is 13.1 Å². The minimum absolute atomic E-state index is 0.909. The first-order valence-corrected chi connectivity index (χ1v) is 17.6. The van der Waals surface area contributed by atoms with Gasteiger partial charge in [-0.2, -0.15) is 0 Å². The van der Waals surface area contributed by atoms with Crippen LogP contribution in [0.15, 0.2) is 186 Å². The molecule has 10 aromatic carbocycles. The fraction of sp³-hybridized carbons (Fsp3) is 0.